The minimum absolute atomic E-state index is 0.107. The molecule has 1 aliphatic rings. The normalized spacial score (nSPS) is 17.2. The van der Waals surface area contributed by atoms with Crippen LogP contribution in [0.25, 0.3) is 0 Å². The van der Waals surface area contributed by atoms with Crippen LogP contribution in [0.5, 0.6) is 0 Å². The Kier molecular flexibility index (Phi) is 9.27. The smallest absolute Gasteiger partial charge is 0.166 e. The van der Waals surface area contributed by atoms with Gasteiger partial charge in [-0.05, 0) is 68.4 Å². The third-order valence-electron chi connectivity index (χ3n) is 6.88. The Morgan fingerprint density at radius 2 is 1.85 bits per heavy atom. The van der Waals surface area contributed by atoms with Gasteiger partial charge < -0.3 is 10.0 Å². The number of nitrogens with zero attached hydrogens (tertiary/aromatic N) is 2. The summed E-state index contributed by atoms with van der Waals surface area (Å²) in [7, 11) is 2.04. The highest BCUT2D eigenvalue weighted by molar-refractivity contribution is 7.97. The van der Waals surface area contributed by atoms with Crippen LogP contribution >= 0.6 is 11.9 Å². The highest BCUT2D eigenvalue weighted by Crippen LogP contribution is 2.38. The maximum absolute atomic E-state index is 15.5. The van der Waals surface area contributed by atoms with Gasteiger partial charge in [-0.1, -0.05) is 39.0 Å². The molecule has 186 valence electrons. The van der Waals surface area contributed by atoms with Crippen LogP contribution in [-0.4, -0.2) is 53.3 Å². The summed E-state index contributed by atoms with van der Waals surface area (Å²) < 4.78 is 32.9. The molecule has 3 rings (SSSR count). The van der Waals surface area contributed by atoms with Crippen LogP contribution in [0.3, 0.4) is 0 Å². The van der Waals surface area contributed by atoms with Gasteiger partial charge in [-0.2, -0.15) is 0 Å². The second kappa shape index (κ2) is 11.8. The molecule has 0 saturated carbocycles. The first-order valence-electron chi connectivity index (χ1n) is 12.1. The average Bonchev–Trinajstić information content (AvgIpc) is 2.83. The monoisotopic (exact) mass is 490 g/mol. The number of ketones is 1. The van der Waals surface area contributed by atoms with E-state index in [1.54, 1.807) is 25.8 Å². The van der Waals surface area contributed by atoms with Crippen molar-refractivity contribution in [3.8, 4) is 0 Å². The van der Waals surface area contributed by atoms with Crippen LogP contribution < -0.4 is 0 Å². The quantitative estimate of drug-likeness (QED) is 0.343. The number of hydrogen-bond donors (Lipinski definition) is 1. The van der Waals surface area contributed by atoms with E-state index in [2.05, 4.69) is 21.3 Å². The summed E-state index contributed by atoms with van der Waals surface area (Å²) >= 11 is 1.67. The molecular formula is C27H36F2N2O2S. The summed E-state index contributed by atoms with van der Waals surface area (Å²) in [5, 5.41) is 11.3. The van der Waals surface area contributed by atoms with Crippen molar-refractivity contribution in [3.05, 3.63) is 64.7 Å². The second-order valence-corrected chi connectivity index (χ2v) is 10.5. The van der Waals surface area contributed by atoms with Gasteiger partial charge in [-0.25, -0.2) is 13.1 Å². The van der Waals surface area contributed by atoms with E-state index in [9.17, 15) is 9.90 Å². The van der Waals surface area contributed by atoms with E-state index in [0.717, 1.165) is 19.2 Å². The lowest BCUT2D eigenvalue weighted by Crippen LogP contribution is -2.45. The predicted molar refractivity (Wildman–Crippen MR) is 134 cm³/mol. The van der Waals surface area contributed by atoms with Crippen LogP contribution in [0.1, 0.15) is 61.5 Å². The number of Topliss-reactive ketones (excluding diaryl/α,β-unsaturated/α-hetero) is 1. The number of benzene rings is 2. The number of likely N-dealkylation sites (tertiary alicyclic amines) is 1. The van der Waals surface area contributed by atoms with E-state index in [-0.39, 0.29) is 47.7 Å². The van der Waals surface area contributed by atoms with Gasteiger partial charge in [0.05, 0.1) is 11.2 Å². The van der Waals surface area contributed by atoms with Gasteiger partial charge in [0.2, 0.25) is 0 Å². The number of hydrogen-bond acceptors (Lipinski definition) is 5. The number of carbonyl (C=O) groups excluding carboxylic acids is 1. The molecule has 0 aromatic heterocycles. The van der Waals surface area contributed by atoms with Crippen molar-refractivity contribution < 1.29 is 18.7 Å². The van der Waals surface area contributed by atoms with E-state index >= 15 is 8.78 Å². The summed E-state index contributed by atoms with van der Waals surface area (Å²) in [6.45, 7) is 8.13. The van der Waals surface area contributed by atoms with Crippen molar-refractivity contribution in [1.29, 1.82) is 0 Å². The summed E-state index contributed by atoms with van der Waals surface area (Å²) in [6.07, 6.45) is 1.37. The van der Waals surface area contributed by atoms with Crippen molar-refractivity contribution in [2.24, 2.45) is 5.92 Å². The zero-order chi connectivity index (χ0) is 24.9. The Bertz CT molecular complexity index is 978. The molecule has 1 fully saturated rings. The van der Waals surface area contributed by atoms with Gasteiger partial charge in [0.25, 0.3) is 0 Å². The number of carbonyl (C=O) groups is 1. The van der Waals surface area contributed by atoms with Gasteiger partial charge in [0.15, 0.2) is 5.78 Å². The molecule has 1 atom stereocenters. The van der Waals surface area contributed by atoms with Gasteiger partial charge in [0, 0.05) is 42.6 Å². The Labute approximate surface area is 206 Å². The molecule has 0 bridgehead atoms. The van der Waals surface area contributed by atoms with Gasteiger partial charge in [0.1, 0.15) is 11.6 Å². The summed E-state index contributed by atoms with van der Waals surface area (Å²) in [5.41, 5.74) is -1.54. The fourth-order valence-corrected chi connectivity index (χ4v) is 5.30. The Balaban J connectivity index is 1.67. The van der Waals surface area contributed by atoms with Gasteiger partial charge in [-0.3, -0.25) is 4.79 Å². The highest BCUT2D eigenvalue weighted by Gasteiger charge is 2.40. The number of piperidine rings is 1. The molecule has 1 heterocycles. The third-order valence-corrected chi connectivity index (χ3v) is 7.86. The fourth-order valence-electron chi connectivity index (χ4n) is 4.49. The molecule has 1 aliphatic heterocycles. The summed E-state index contributed by atoms with van der Waals surface area (Å²) in [6, 6.07) is 11.3. The number of rotatable bonds is 10. The average molecular weight is 491 g/mol. The maximum atomic E-state index is 15.5. The molecule has 1 unspecified atom stereocenters. The first-order chi connectivity index (χ1) is 16.2. The lowest BCUT2D eigenvalue weighted by atomic mass is 9.80. The molecule has 1 saturated heterocycles. The van der Waals surface area contributed by atoms with E-state index in [0.29, 0.717) is 19.5 Å². The van der Waals surface area contributed by atoms with Crippen molar-refractivity contribution in [3.63, 3.8) is 0 Å². The molecule has 0 amide bonds. The molecule has 1 N–H and O–H groups in total. The molecule has 7 heteroatoms. The largest absolute Gasteiger partial charge is 0.385 e. The molecule has 34 heavy (non-hydrogen) atoms. The van der Waals surface area contributed by atoms with Crippen molar-refractivity contribution in [2.45, 2.75) is 57.0 Å². The number of halogens is 2. The third kappa shape index (κ3) is 6.06. The summed E-state index contributed by atoms with van der Waals surface area (Å²) in [5.74, 6) is -2.14. The van der Waals surface area contributed by atoms with Crippen molar-refractivity contribution in [1.82, 2.24) is 9.21 Å². The predicted octanol–water partition coefficient (Wildman–Crippen LogP) is 5.68. The second-order valence-electron chi connectivity index (χ2n) is 9.23. The lowest BCUT2D eigenvalue weighted by molar-refractivity contribution is -0.0314. The molecule has 2 aromatic carbocycles. The van der Waals surface area contributed by atoms with Crippen LogP contribution in [0, 0.1) is 17.6 Å². The molecule has 4 nitrogen and oxygen atoms in total. The molecule has 0 radical (unpaired) electrons. The van der Waals surface area contributed by atoms with Crippen molar-refractivity contribution in [2.75, 3.05) is 33.2 Å². The zero-order valence-electron chi connectivity index (χ0n) is 20.6. The van der Waals surface area contributed by atoms with Crippen LogP contribution in [-0.2, 0) is 12.0 Å². The standard InChI is InChI=1S/C27H36F2N2O2S/c1-5-19(3)26(32)22-18-23(28)24(25(29)21(22)6-2)27(33)12-14-31(15-13-27)17-16-30(4)34-20-10-8-7-9-11-20/h7-11,18-19,33H,5-6,12-17H2,1-4H3. The fraction of sp³-hybridized carbons (Fsp3) is 0.519. The van der Waals surface area contributed by atoms with Crippen LogP contribution in [0.15, 0.2) is 41.3 Å². The first kappa shape index (κ1) is 26.8. The van der Waals surface area contributed by atoms with Crippen molar-refractivity contribution >= 4 is 17.7 Å². The Morgan fingerprint density at radius 1 is 1.21 bits per heavy atom. The minimum Gasteiger partial charge on any atom is -0.385 e. The summed E-state index contributed by atoms with van der Waals surface area (Å²) in [4.78, 5) is 16.1. The van der Waals surface area contributed by atoms with E-state index < -0.39 is 17.2 Å². The van der Waals surface area contributed by atoms with Gasteiger partial charge in [-0.15, -0.1) is 0 Å². The van der Waals surface area contributed by atoms with E-state index in [4.69, 9.17) is 0 Å². The zero-order valence-corrected chi connectivity index (χ0v) is 21.4. The number of likely N-dealkylation sites (N-methyl/N-ethyl adjacent to an activating group) is 1. The Hall–Kier alpha value is -1.80. The molecular weight excluding hydrogens is 454 g/mol. The molecule has 2 aromatic rings. The van der Waals surface area contributed by atoms with Crippen LogP contribution in [0.2, 0.25) is 0 Å². The topological polar surface area (TPSA) is 43.8 Å². The lowest BCUT2D eigenvalue weighted by Gasteiger charge is -2.39. The molecule has 0 aliphatic carbocycles. The van der Waals surface area contributed by atoms with E-state index in [1.807, 2.05) is 32.2 Å². The highest BCUT2D eigenvalue weighted by atomic mass is 32.2. The Morgan fingerprint density at radius 3 is 2.44 bits per heavy atom. The van der Waals surface area contributed by atoms with Crippen LogP contribution in [0.4, 0.5) is 8.78 Å². The number of aliphatic hydroxyl groups is 1. The first-order valence-corrected chi connectivity index (χ1v) is 12.9. The molecule has 0 spiro atoms. The van der Waals surface area contributed by atoms with E-state index in [1.165, 1.54) is 4.90 Å². The SMILES string of the molecule is CCc1c(C(=O)C(C)CC)cc(F)c(C2(O)CCN(CCN(C)Sc3ccccc3)CC2)c1F. The van der Waals surface area contributed by atoms with Gasteiger partial charge >= 0.3 is 0 Å². The maximum Gasteiger partial charge on any atom is 0.166 e. The minimum atomic E-state index is -1.57.